The number of nitrogens with one attached hydrogen (secondary N) is 2. The molecule has 3 aromatic heterocycles. The number of hydrogen-bond acceptors (Lipinski definition) is 4. The standard InChI is InChI=1S/C19H20N6/c1-13-9-14(2)25(24-13)19-12-20-11-18(23-19)21-8-7-15-10-22-17-6-4-3-5-16(15)17/h3-6,9-12,22H,7-8H2,1-2H3,(H,21,23). The summed E-state index contributed by atoms with van der Waals surface area (Å²) in [6, 6.07) is 10.4. The van der Waals surface area contributed by atoms with Gasteiger partial charge in [0.05, 0.1) is 18.1 Å². The number of fused-ring (bicyclic) bond motifs is 1. The van der Waals surface area contributed by atoms with Gasteiger partial charge >= 0.3 is 0 Å². The third kappa shape index (κ3) is 3.10. The molecule has 0 aliphatic rings. The maximum atomic E-state index is 4.62. The summed E-state index contributed by atoms with van der Waals surface area (Å²) in [5.41, 5.74) is 4.48. The number of H-pyrrole nitrogens is 1. The molecule has 0 aliphatic carbocycles. The van der Waals surface area contributed by atoms with Gasteiger partial charge in [0.15, 0.2) is 5.82 Å². The van der Waals surface area contributed by atoms with Gasteiger partial charge in [-0.05, 0) is 38.0 Å². The number of rotatable bonds is 5. The highest BCUT2D eigenvalue weighted by Gasteiger charge is 2.07. The topological polar surface area (TPSA) is 71.4 Å². The van der Waals surface area contributed by atoms with Crippen LogP contribution in [0.3, 0.4) is 0 Å². The molecule has 6 heteroatoms. The van der Waals surface area contributed by atoms with Crippen LogP contribution in [-0.4, -0.2) is 31.3 Å². The monoisotopic (exact) mass is 332 g/mol. The van der Waals surface area contributed by atoms with Crippen molar-refractivity contribution in [1.29, 1.82) is 0 Å². The summed E-state index contributed by atoms with van der Waals surface area (Å²) in [5.74, 6) is 1.48. The Morgan fingerprint density at radius 3 is 2.88 bits per heavy atom. The van der Waals surface area contributed by atoms with Crippen molar-refractivity contribution < 1.29 is 0 Å². The zero-order valence-corrected chi connectivity index (χ0v) is 14.3. The molecule has 0 saturated carbocycles. The molecule has 0 bridgehead atoms. The van der Waals surface area contributed by atoms with Crippen LogP contribution in [0.2, 0.25) is 0 Å². The van der Waals surface area contributed by atoms with E-state index in [0.29, 0.717) is 0 Å². The quantitative estimate of drug-likeness (QED) is 0.587. The van der Waals surface area contributed by atoms with E-state index in [1.54, 1.807) is 12.4 Å². The second-order valence-corrected chi connectivity index (χ2v) is 6.14. The van der Waals surface area contributed by atoms with Gasteiger partial charge in [-0.3, -0.25) is 4.98 Å². The smallest absolute Gasteiger partial charge is 0.174 e. The summed E-state index contributed by atoms with van der Waals surface area (Å²) in [6.07, 6.45) is 6.45. The third-order valence-corrected chi connectivity index (χ3v) is 4.22. The first kappa shape index (κ1) is 15.4. The first-order chi connectivity index (χ1) is 12.2. The number of aromatic nitrogens is 5. The number of aromatic amines is 1. The summed E-state index contributed by atoms with van der Waals surface area (Å²) in [7, 11) is 0. The van der Waals surface area contributed by atoms with Crippen molar-refractivity contribution in [3.05, 3.63) is 65.9 Å². The zero-order valence-electron chi connectivity index (χ0n) is 14.3. The Morgan fingerprint density at radius 1 is 1.16 bits per heavy atom. The van der Waals surface area contributed by atoms with Crippen molar-refractivity contribution in [1.82, 2.24) is 24.7 Å². The van der Waals surface area contributed by atoms with E-state index in [-0.39, 0.29) is 0 Å². The Morgan fingerprint density at radius 2 is 2.04 bits per heavy atom. The molecule has 25 heavy (non-hydrogen) atoms. The molecule has 0 aliphatic heterocycles. The van der Waals surface area contributed by atoms with Gasteiger partial charge in [-0.2, -0.15) is 5.10 Å². The molecular weight excluding hydrogens is 312 g/mol. The first-order valence-corrected chi connectivity index (χ1v) is 8.35. The molecule has 6 nitrogen and oxygen atoms in total. The van der Waals surface area contributed by atoms with Crippen molar-refractivity contribution in [3.63, 3.8) is 0 Å². The predicted molar refractivity (Wildman–Crippen MR) is 99.1 cm³/mol. The van der Waals surface area contributed by atoms with E-state index in [2.05, 4.69) is 49.8 Å². The lowest BCUT2D eigenvalue weighted by molar-refractivity contribution is 0.799. The van der Waals surface area contributed by atoms with Crippen LogP contribution in [0.4, 0.5) is 5.82 Å². The molecule has 0 amide bonds. The summed E-state index contributed by atoms with van der Waals surface area (Å²) in [5, 5.41) is 9.08. The Balaban J connectivity index is 1.46. The highest BCUT2D eigenvalue weighted by Crippen LogP contribution is 2.18. The average Bonchev–Trinajstić information content (AvgIpc) is 3.18. The van der Waals surface area contributed by atoms with Gasteiger partial charge in [-0.15, -0.1) is 0 Å². The summed E-state index contributed by atoms with van der Waals surface area (Å²) in [6.45, 7) is 4.77. The van der Waals surface area contributed by atoms with Gasteiger partial charge < -0.3 is 10.3 Å². The molecule has 126 valence electrons. The van der Waals surface area contributed by atoms with Gasteiger partial charge in [-0.1, -0.05) is 18.2 Å². The Hall–Kier alpha value is -3.15. The second kappa shape index (κ2) is 6.39. The van der Waals surface area contributed by atoms with Crippen molar-refractivity contribution >= 4 is 16.7 Å². The van der Waals surface area contributed by atoms with E-state index in [0.717, 1.165) is 36.0 Å². The number of nitrogens with zero attached hydrogens (tertiary/aromatic N) is 4. The summed E-state index contributed by atoms with van der Waals surface area (Å²) >= 11 is 0. The van der Waals surface area contributed by atoms with Crippen LogP contribution in [0.1, 0.15) is 17.0 Å². The van der Waals surface area contributed by atoms with Crippen molar-refractivity contribution in [3.8, 4) is 5.82 Å². The van der Waals surface area contributed by atoms with Crippen LogP contribution in [-0.2, 0) is 6.42 Å². The number of para-hydroxylation sites is 1. The number of hydrogen-bond donors (Lipinski definition) is 2. The SMILES string of the molecule is Cc1cc(C)n(-c2cncc(NCCc3c[nH]c4ccccc34)n2)n1. The molecule has 3 heterocycles. The summed E-state index contributed by atoms with van der Waals surface area (Å²) in [4.78, 5) is 12.2. The maximum Gasteiger partial charge on any atom is 0.174 e. The Kier molecular flexibility index (Phi) is 3.93. The number of aryl methyl sites for hydroxylation is 2. The molecule has 0 spiro atoms. The van der Waals surface area contributed by atoms with Crippen LogP contribution < -0.4 is 5.32 Å². The number of anilines is 1. The second-order valence-electron chi connectivity index (χ2n) is 6.14. The predicted octanol–water partition coefficient (Wildman–Crippen LogP) is 3.42. The highest BCUT2D eigenvalue weighted by molar-refractivity contribution is 5.83. The minimum atomic E-state index is 0.725. The van der Waals surface area contributed by atoms with Crippen LogP contribution in [0, 0.1) is 13.8 Å². The maximum absolute atomic E-state index is 4.62. The lowest BCUT2D eigenvalue weighted by Crippen LogP contribution is -2.09. The molecule has 0 saturated heterocycles. The van der Waals surface area contributed by atoms with E-state index in [1.165, 1.54) is 16.5 Å². The normalized spacial score (nSPS) is 11.1. The molecule has 4 rings (SSSR count). The van der Waals surface area contributed by atoms with Gasteiger partial charge in [0.1, 0.15) is 5.82 Å². The van der Waals surface area contributed by atoms with Crippen molar-refractivity contribution in [2.45, 2.75) is 20.3 Å². The molecule has 0 fully saturated rings. The molecule has 0 unspecified atom stereocenters. The fraction of sp³-hybridized carbons (Fsp3) is 0.211. The zero-order chi connectivity index (χ0) is 17.2. The van der Waals surface area contributed by atoms with Gasteiger partial charge in [0.2, 0.25) is 0 Å². The van der Waals surface area contributed by atoms with Crippen LogP contribution in [0.15, 0.2) is 48.9 Å². The largest absolute Gasteiger partial charge is 0.368 e. The summed E-state index contributed by atoms with van der Waals surface area (Å²) < 4.78 is 1.81. The number of benzene rings is 1. The van der Waals surface area contributed by atoms with E-state index in [1.807, 2.05) is 30.7 Å². The van der Waals surface area contributed by atoms with Crippen LogP contribution >= 0.6 is 0 Å². The third-order valence-electron chi connectivity index (χ3n) is 4.22. The fourth-order valence-corrected chi connectivity index (χ4v) is 3.07. The van der Waals surface area contributed by atoms with Gasteiger partial charge in [0.25, 0.3) is 0 Å². The molecule has 4 aromatic rings. The molecule has 1 aromatic carbocycles. The van der Waals surface area contributed by atoms with Crippen molar-refractivity contribution in [2.75, 3.05) is 11.9 Å². The van der Waals surface area contributed by atoms with Crippen LogP contribution in [0.25, 0.3) is 16.7 Å². The van der Waals surface area contributed by atoms with Crippen molar-refractivity contribution in [2.24, 2.45) is 0 Å². The first-order valence-electron chi connectivity index (χ1n) is 8.35. The fourth-order valence-electron chi connectivity index (χ4n) is 3.07. The van der Waals surface area contributed by atoms with E-state index >= 15 is 0 Å². The van der Waals surface area contributed by atoms with E-state index < -0.39 is 0 Å². The van der Waals surface area contributed by atoms with Crippen LogP contribution in [0.5, 0.6) is 0 Å². The van der Waals surface area contributed by atoms with Gasteiger partial charge in [0, 0.05) is 29.3 Å². The van der Waals surface area contributed by atoms with E-state index in [9.17, 15) is 0 Å². The lowest BCUT2D eigenvalue weighted by atomic mass is 10.1. The highest BCUT2D eigenvalue weighted by atomic mass is 15.3. The van der Waals surface area contributed by atoms with Gasteiger partial charge in [-0.25, -0.2) is 9.67 Å². The molecule has 0 radical (unpaired) electrons. The minimum Gasteiger partial charge on any atom is -0.368 e. The average molecular weight is 332 g/mol. The molecule has 2 N–H and O–H groups in total. The molecule has 0 atom stereocenters. The van der Waals surface area contributed by atoms with E-state index in [4.69, 9.17) is 0 Å². The Labute approximate surface area is 145 Å². The lowest BCUT2D eigenvalue weighted by Gasteiger charge is -2.08. The molecular formula is C19H20N6. The minimum absolute atomic E-state index is 0.725. The Bertz CT molecular complexity index is 1010.